The number of aromatic amines is 2. The van der Waals surface area contributed by atoms with Crippen LogP contribution < -0.4 is 10.1 Å². The number of aromatic nitrogens is 5. The van der Waals surface area contributed by atoms with Crippen molar-refractivity contribution in [3.63, 3.8) is 0 Å². The van der Waals surface area contributed by atoms with Crippen LogP contribution in [0.3, 0.4) is 0 Å². The molecule has 0 bridgehead atoms. The quantitative estimate of drug-likeness (QED) is 0.157. The molecule has 17 heteroatoms. The first-order valence-corrected chi connectivity index (χ1v) is 17.6. The molecule has 0 unspecified atom stereocenters. The zero-order valence-electron chi connectivity index (χ0n) is 31.7. The maximum absolute atomic E-state index is 13.5. The molecular formula is C37H56N8O5S4. The minimum atomic E-state index is -0.699. The van der Waals surface area contributed by atoms with Crippen molar-refractivity contribution in [2.45, 2.75) is 85.0 Å². The number of benzene rings is 2. The van der Waals surface area contributed by atoms with Crippen LogP contribution in [0.4, 0.5) is 4.79 Å². The number of imidazole rings is 1. The summed E-state index contributed by atoms with van der Waals surface area (Å²) in [5.41, 5.74) is 3.62. The van der Waals surface area contributed by atoms with E-state index < -0.39 is 12.1 Å². The molecule has 0 aliphatic carbocycles. The molecule has 4 heterocycles. The smallest absolute Gasteiger partial charge is 0.407 e. The van der Waals surface area contributed by atoms with E-state index in [2.05, 4.69) is 40.4 Å². The number of nitrogens with one attached hydrogen (secondary N) is 3. The molecule has 3 N–H and O–H groups in total. The van der Waals surface area contributed by atoms with Crippen molar-refractivity contribution in [1.29, 1.82) is 0 Å². The third-order valence-corrected chi connectivity index (χ3v) is 10.1. The molecular weight excluding hydrogens is 765 g/mol. The summed E-state index contributed by atoms with van der Waals surface area (Å²) in [5.74, 6) is 2.89. The lowest BCUT2D eigenvalue weighted by atomic mass is 9.96. The number of amides is 3. The van der Waals surface area contributed by atoms with Crippen LogP contribution in [-0.2, 0) is 20.9 Å². The van der Waals surface area contributed by atoms with Crippen LogP contribution >= 0.6 is 54.0 Å². The first-order valence-electron chi connectivity index (χ1n) is 17.6. The fraction of sp³-hybridized carbons (Fsp3) is 0.514. The summed E-state index contributed by atoms with van der Waals surface area (Å²) in [5, 5.41) is 10.2. The van der Waals surface area contributed by atoms with Crippen molar-refractivity contribution >= 4 is 82.9 Å². The summed E-state index contributed by atoms with van der Waals surface area (Å²) in [6.07, 6.45) is 2.83. The van der Waals surface area contributed by atoms with Gasteiger partial charge in [-0.05, 0) is 79.5 Å². The average Bonchev–Trinajstić information content (AvgIpc) is 3.94. The molecule has 2 aromatic heterocycles. The van der Waals surface area contributed by atoms with Gasteiger partial charge >= 0.3 is 6.09 Å². The van der Waals surface area contributed by atoms with E-state index in [1.807, 2.05) is 62.1 Å². The molecule has 54 heavy (non-hydrogen) atoms. The van der Waals surface area contributed by atoms with E-state index in [0.717, 1.165) is 60.2 Å². The van der Waals surface area contributed by atoms with E-state index in [-0.39, 0.29) is 89.7 Å². The van der Waals surface area contributed by atoms with Gasteiger partial charge in [-0.2, -0.15) is 59.1 Å². The van der Waals surface area contributed by atoms with Gasteiger partial charge in [-0.25, -0.2) is 14.8 Å². The van der Waals surface area contributed by atoms with Crippen LogP contribution in [-0.4, -0.2) is 79.1 Å². The Labute approximate surface area is 345 Å². The molecule has 3 amide bonds. The minimum absolute atomic E-state index is 0. The zero-order chi connectivity index (χ0) is 35.5. The van der Waals surface area contributed by atoms with Crippen LogP contribution in [0.2, 0.25) is 0 Å². The largest absolute Gasteiger partial charge is 0.489 e. The third-order valence-electron chi connectivity index (χ3n) is 10.1. The molecule has 6 rings (SSSR count). The highest BCUT2D eigenvalue weighted by molar-refractivity contribution is 7.59. The Morgan fingerprint density at radius 3 is 2.07 bits per heavy atom. The van der Waals surface area contributed by atoms with Crippen LogP contribution in [0, 0.1) is 17.8 Å². The van der Waals surface area contributed by atoms with E-state index in [9.17, 15) is 14.4 Å². The summed E-state index contributed by atoms with van der Waals surface area (Å²) in [6.45, 7) is 11.7. The van der Waals surface area contributed by atoms with Crippen molar-refractivity contribution in [1.82, 2.24) is 40.3 Å². The number of rotatable bonds is 11. The third kappa shape index (κ3) is 10.2. The monoisotopic (exact) mass is 820 g/mol. The number of ether oxygens (including phenoxy) is 2. The molecule has 2 aliphatic heterocycles. The van der Waals surface area contributed by atoms with Crippen LogP contribution in [0.5, 0.6) is 5.75 Å². The molecule has 0 spiro atoms. The predicted octanol–water partition coefficient (Wildman–Crippen LogP) is 6.38. The van der Waals surface area contributed by atoms with E-state index in [0.29, 0.717) is 36.5 Å². The summed E-state index contributed by atoms with van der Waals surface area (Å²) in [7, 11) is 1.28. The first-order chi connectivity index (χ1) is 24.0. The summed E-state index contributed by atoms with van der Waals surface area (Å²) in [4.78, 5) is 55.3. The number of methoxy groups -OCH3 is 1. The highest BCUT2D eigenvalue weighted by Crippen LogP contribution is 2.35. The van der Waals surface area contributed by atoms with Crippen LogP contribution in [0.15, 0.2) is 42.5 Å². The zero-order valence-corrected chi connectivity index (χ0v) is 35.7. The Hall–Kier alpha value is -3.54. The molecule has 0 radical (unpaired) electrons. The molecule has 2 fully saturated rings. The van der Waals surface area contributed by atoms with Gasteiger partial charge in [-0.15, -0.1) is 0 Å². The number of hydrogen-bond donors (Lipinski definition) is 3. The Bertz CT molecular complexity index is 1840. The highest BCUT2D eigenvalue weighted by atomic mass is 32.1. The van der Waals surface area contributed by atoms with Gasteiger partial charge in [0, 0.05) is 24.6 Å². The number of carbonyl (C=O) groups excluding carboxylic acids is 3. The Morgan fingerprint density at radius 1 is 0.833 bits per heavy atom. The van der Waals surface area contributed by atoms with Crippen molar-refractivity contribution in [3.8, 4) is 17.1 Å². The van der Waals surface area contributed by atoms with Crippen molar-refractivity contribution < 1.29 is 23.9 Å². The van der Waals surface area contributed by atoms with Crippen molar-refractivity contribution in [2.24, 2.45) is 17.8 Å². The second-order valence-electron chi connectivity index (χ2n) is 14.1. The molecule has 4 atom stereocenters. The number of fused-ring (bicyclic) bond motifs is 1. The Morgan fingerprint density at radius 2 is 1.46 bits per heavy atom. The molecule has 2 saturated heterocycles. The second kappa shape index (κ2) is 20.4. The first kappa shape index (κ1) is 46.6. The summed E-state index contributed by atoms with van der Waals surface area (Å²) < 4.78 is 10.9. The lowest BCUT2D eigenvalue weighted by Gasteiger charge is -2.29. The van der Waals surface area contributed by atoms with Gasteiger partial charge in [-0.1, -0.05) is 40.7 Å². The van der Waals surface area contributed by atoms with Gasteiger partial charge in [0.2, 0.25) is 11.8 Å². The van der Waals surface area contributed by atoms with Crippen molar-refractivity contribution in [2.75, 3.05) is 20.2 Å². The SMILES string of the molecule is COC(=O)N[C@H](C(=O)N1CCC[C@H]1c1nc(-c2ccc(OCc3ccc4nc([C@@H]5CCCN5C(=O)[C@@H](C)C(C)C)[nH]c4c3)cc2)n[nH]1)C(C)C.S.S.S.S. The number of H-pyrrole nitrogens is 2. The van der Waals surface area contributed by atoms with Gasteiger partial charge in [0.1, 0.15) is 30.0 Å². The molecule has 0 saturated carbocycles. The lowest BCUT2D eigenvalue weighted by molar-refractivity contribution is -0.137. The maximum atomic E-state index is 13.5. The van der Waals surface area contributed by atoms with Crippen molar-refractivity contribution in [3.05, 3.63) is 59.7 Å². The standard InChI is InChI=1S/C37H48N8O5.4H2S/c1-21(2)23(5)35(46)44-17-7-9-29(44)33-38-27-16-11-24(19-28(27)39-33)20-50-26-14-12-25(13-15-26)32-41-34(43-42-32)30-10-8-18-45(30)36(47)31(22(3)4)40-37(48)49-6;;;;/h11-16,19,21-23,29-31H,7-10,17-18,20H2,1-6H3,(H,38,39)(H,40,48)(H,41,42,43);4*1H2/t23-,29-,30-,31-;;;;/m0..../s1. The van der Waals surface area contributed by atoms with E-state index in [4.69, 9.17) is 19.4 Å². The number of carbonyl (C=O) groups is 3. The number of alkyl carbamates (subject to hydrolysis) is 1. The van der Waals surface area contributed by atoms with E-state index in [1.165, 1.54) is 7.11 Å². The Kier molecular flexibility index (Phi) is 17.6. The van der Waals surface area contributed by atoms with Gasteiger partial charge in [-0.3, -0.25) is 14.7 Å². The van der Waals surface area contributed by atoms with Gasteiger partial charge in [0.05, 0.1) is 30.2 Å². The molecule has 298 valence electrons. The van der Waals surface area contributed by atoms with Crippen LogP contribution in [0.25, 0.3) is 22.4 Å². The number of hydrogen-bond acceptors (Lipinski definition) is 8. The fourth-order valence-corrected chi connectivity index (χ4v) is 6.80. The molecule has 2 aliphatic rings. The van der Waals surface area contributed by atoms with Gasteiger partial charge < -0.3 is 29.6 Å². The summed E-state index contributed by atoms with van der Waals surface area (Å²) >= 11 is 0. The van der Waals surface area contributed by atoms with E-state index >= 15 is 0 Å². The lowest BCUT2D eigenvalue weighted by Crippen LogP contribution is -2.51. The fourth-order valence-electron chi connectivity index (χ4n) is 6.80. The van der Waals surface area contributed by atoms with E-state index in [1.54, 1.807) is 4.90 Å². The van der Waals surface area contributed by atoms with Gasteiger partial charge in [0.25, 0.3) is 0 Å². The summed E-state index contributed by atoms with van der Waals surface area (Å²) in [6, 6.07) is 12.7. The second-order valence-corrected chi connectivity index (χ2v) is 14.1. The van der Waals surface area contributed by atoms with Gasteiger partial charge in [0.15, 0.2) is 5.82 Å². The Balaban J connectivity index is 0.00000252. The van der Waals surface area contributed by atoms with Crippen LogP contribution in [0.1, 0.15) is 89.6 Å². The number of nitrogens with zero attached hydrogens (tertiary/aromatic N) is 5. The number of likely N-dealkylation sites (tertiary alicyclic amines) is 2. The molecule has 2 aromatic carbocycles. The highest BCUT2D eigenvalue weighted by Gasteiger charge is 2.38. The average molecular weight is 821 g/mol. The maximum Gasteiger partial charge on any atom is 0.407 e. The minimum Gasteiger partial charge on any atom is -0.489 e. The molecule has 13 nitrogen and oxygen atoms in total. The predicted molar refractivity (Wildman–Crippen MR) is 229 cm³/mol. The normalized spacial score (nSPS) is 17.6. The topological polar surface area (TPSA) is 158 Å². The molecule has 4 aromatic rings.